The van der Waals surface area contributed by atoms with E-state index in [4.69, 9.17) is 5.73 Å². The number of aromatic nitrogens is 2. The monoisotopic (exact) mass is 345 g/mol. The molecule has 1 aliphatic heterocycles. The molecule has 1 aliphatic rings. The third kappa shape index (κ3) is 3.84. The fourth-order valence-electron chi connectivity index (χ4n) is 3.04. The first-order valence-electron chi connectivity index (χ1n) is 8.36. The minimum atomic E-state index is -0.198. The van der Waals surface area contributed by atoms with Gasteiger partial charge in [-0.15, -0.1) is 0 Å². The van der Waals surface area contributed by atoms with Gasteiger partial charge < -0.3 is 16.0 Å². The summed E-state index contributed by atoms with van der Waals surface area (Å²) in [5, 5.41) is 4.20. The normalized spacial score (nSPS) is 17.7. The lowest BCUT2D eigenvalue weighted by atomic mass is 9.96. The molecule has 128 valence electrons. The van der Waals surface area contributed by atoms with E-state index in [0.29, 0.717) is 13.1 Å². The molecule has 0 saturated carbocycles. The highest BCUT2D eigenvalue weighted by atomic mass is 32.1. The second-order valence-electron chi connectivity index (χ2n) is 6.04. The number of nitrogens with zero attached hydrogens (tertiary/aromatic N) is 3. The summed E-state index contributed by atoms with van der Waals surface area (Å²) in [6.45, 7) is 4.39. The number of hydrogen-bond donors (Lipinski definition) is 2. The molecule has 0 bridgehead atoms. The lowest BCUT2D eigenvalue weighted by Crippen LogP contribution is -2.41. The van der Waals surface area contributed by atoms with Crippen molar-refractivity contribution >= 4 is 28.3 Å². The van der Waals surface area contributed by atoms with Crippen LogP contribution >= 0.6 is 11.5 Å². The molecule has 2 aromatic rings. The number of benzene rings is 1. The van der Waals surface area contributed by atoms with Crippen molar-refractivity contribution in [2.75, 3.05) is 23.3 Å². The SMILES string of the molecule is CCc1nsc(NCc2ccccc2N2CCCC(C(N)=O)C2)n1. The number of piperidine rings is 1. The van der Waals surface area contributed by atoms with Gasteiger partial charge in [-0.3, -0.25) is 4.79 Å². The van der Waals surface area contributed by atoms with Crippen LogP contribution in [0.3, 0.4) is 0 Å². The van der Waals surface area contributed by atoms with Crippen LogP contribution in [-0.2, 0) is 17.8 Å². The Bertz CT molecular complexity index is 702. The molecular weight excluding hydrogens is 322 g/mol. The third-order valence-electron chi connectivity index (χ3n) is 4.37. The summed E-state index contributed by atoms with van der Waals surface area (Å²) < 4.78 is 4.29. The van der Waals surface area contributed by atoms with E-state index < -0.39 is 0 Å². The summed E-state index contributed by atoms with van der Waals surface area (Å²) in [5.74, 6) is 0.613. The molecule has 1 unspecified atom stereocenters. The zero-order valence-electron chi connectivity index (χ0n) is 13.9. The molecule has 1 aromatic heterocycles. The molecule has 1 amide bonds. The molecule has 0 radical (unpaired) electrons. The molecule has 3 N–H and O–H groups in total. The summed E-state index contributed by atoms with van der Waals surface area (Å²) in [6, 6.07) is 8.29. The zero-order chi connectivity index (χ0) is 16.9. The first kappa shape index (κ1) is 16.7. The molecular formula is C17H23N5OS. The Hall–Kier alpha value is -2.15. The molecule has 2 heterocycles. The number of anilines is 2. The lowest BCUT2D eigenvalue weighted by Gasteiger charge is -2.34. The van der Waals surface area contributed by atoms with Crippen molar-refractivity contribution in [1.29, 1.82) is 0 Å². The summed E-state index contributed by atoms with van der Waals surface area (Å²) in [4.78, 5) is 18.2. The van der Waals surface area contributed by atoms with Gasteiger partial charge in [0.25, 0.3) is 0 Å². The van der Waals surface area contributed by atoms with E-state index in [2.05, 4.69) is 31.7 Å². The van der Waals surface area contributed by atoms with Gasteiger partial charge in [-0.2, -0.15) is 4.37 Å². The third-order valence-corrected chi connectivity index (χ3v) is 5.08. The number of nitrogens with two attached hydrogens (primary N) is 1. The van der Waals surface area contributed by atoms with E-state index in [1.54, 1.807) is 0 Å². The van der Waals surface area contributed by atoms with Gasteiger partial charge >= 0.3 is 0 Å². The molecule has 1 aromatic carbocycles. The van der Waals surface area contributed by atoms with Gasteiger partial charge in [-0.25, -0.2) is 4.98 Å². The number of para-hydroxylation sites is 1. The largest absolute Gasteiger partial charge is 0.370 e. The van der Waals surface area contributed by atoms with Crippen molar-refractivity contribution in [1.82, 2.24) is 9.36 Å². The van der Waals surface area contributed by atoms with Crippen LogP contribution in [0.4, 0.5) is 10.8 Å². The van der Waals surface area contributed by atoms with E-state index in [1.165, 1.54) is 17.1 Å². The van der Waals surface area contributed by atoms with Crippen LogP contribution in [0, 0.1) is 5.92 Å². The van der Waals surface area contributed by atoms with E-state index in [0.717, 1.165) is 42.5 Å². The second-order valence-corrected chi connectivity index (χ2v) is 6.79. The predicted molar refractivity (Wildman–Crippen MR) is 97.2 cm³/mol. The molecule has 6 nitrogen and oxygen atoms in total. The first-order valence-corrected chi connectivity index (χ1v) is 9.13. The van der Waals surface area contributed by atoms with Crippen LogP contribution in [-0.4, -0.2) is 28.4 Å². The number of carbonyl (C=O) groups is 1. The van der Waals surface area contributed by atoms with Crippen molar-refractivity contribution in [2.45, 2.75) is 32.7 Å². The minimum Gasteiger partial charge on any atom is -0.370 e. The maximum atomic E-state index is 11.5. The quantitative estimate of drug-likeness (QED) is 0.840. The van der Waals surface area contributed by atoms with Gasteiger partial charge in [-0.1, -0.05) is 25.1 Å². The van der Waals surface area contributed by atoms with Crippen molar-refractivity contribution in [3.8, 4) is 0 Å². The Morgan fingerprint density at radius 3 is 3.04 bits per heavy atom. The van der Waals surface area contributed by atoms with Crippen LogP contribution in [0.25, 0.3) is 0 Å². The van der Waals surface area contributed by atoms with Gasteiger partial charge in [0.15, 0.2) is 0 Å². The van der Waals surface area contributed by atoms with Crippen LogP contribution < -0.4 is 16.0 Å². The van der Waals surface area contributed by atoms with E-state index in [-0.39, 0.29) is 11.8 Å². The lowest BCUT2D eigenvalue weighted by molar-refractivity contribution is -0.122. The molecule has 0 aliphatic carbocycles. The highest BCUT2D eigenvalue weighted by molar-refractivity contribution is 7.09. The topological polar surface area (TPSA) is 84.1 Å². The van der Waals surface area contributed by atoms with E-state index >= 15 is 0 Å². The molecule has 24 heavy (non-hydrogen) atoms. The van der Waals surface area contributed by atoms with Gasteiger partial charge in [0.2, 0.25) is 11.0 Å². The summed E-state index contributed by atoms with van der Waals surface area (Å²) in [7, 11) is 0. The molecule has 7 heteroatoms. The molecule has 0 spiro atoms. The Morgan fingerprint density at radius 2 is 2.29 bits per heavy atom. The molecule has 1 atom stereocenters. The van der Waals surface area contributed by atoms with Crippen molar-refractivity contribution in [3.05, 3.63) is 35.7 Å². The number of nitrogens with one attached hydrogen (secondary N) is 1. The van der Waals surface area contributed by atoms with Crippen molar-refractivity contribution in [3.63, 3.8) is 0 Å². The number of primary amides is 1. The van der Waals surface area contributed by atoms with Crippen LogP contribution in [0.2, 0.25) is 0 Å². The van der Waals surface area contributed by atoms with Gasteiger partial charge in [-0.05, 0) is 24.5 Å². The fraction of sp³-hybridized carbons (Fsp3) is 0.471. The van der Waals surface area contributed by atoms with Crippen LogP contribution in [0.5, 0.6) is 0 Å². The van der Waals surface area contributed by atoms with Crippen molar-refractivity contribution < 1.29 is 4.79 Å². The molecule has 1 fully saturated rings. The molecule has 3 rings (SSSR count). The summed E-state index contributed by atoms with van der Waals surface area (Å²) in [5.41, 5.74) is 7.86. The number of rotatable bonds is 6. The van der Waals surface area contributed by atoms with E-state index in [9.17, 15) is 4.79 Å². The predicted octanol–water partition coefficient (Wildman–Crippen LogP) is 2.41. The Labute approximate surface area is 146 Å². The summed E-state index contributed by atoms with van der Waals surface area (Å²) >= 11 is 1.39. The zero-order valence-corrected chi connectivity index (χ0v) is 14.7. The fourth-order valence-corrected chi connectivity index (χ4v) is 3.68. The highest BCUT2D eigenvalue weighted by Crippen LogP contribution is 2.27. The van der Waals surface area contributed by atoms with E-state index in [1.807, 2.05) is 19.1 Å². The van der Waals surface area contributed by atoms with Crippen molar-refractivity contribution in [2.24, 2.45) is 11.7 Å². The number of hydrogen-bond acceptors (Lipinski definition) is 6. The minimum absolute atomic E-state index is 0.0601. The number of amides is 1. The average molecular weight is 345 g/mol. The van der Waals surface area contributed by atoms with Gasteiger partial charge in [0, 0.05) is 43.3 Å². The maximum absolute atomic E-state index is 11.5. The second kappa shape index (κ2) is 7.61. The van der Waals surface area contributed by atoms with Gasteiger partial charge in [0.1, 0.15) is 5.82 Å². The highest BCUT2D eigenvalue weighted by Gasteiger charge is 2.25. The Balaban J connectivity index is 1.71. The summed E-state index contributed by atoms with van der Waals surface area (Å²) in [6.07, 6.45) is 2.72. The van der Waals surface area contributed by atoms with Crippen LogP contribution in [0.15, 0.2) is 24.3 Å². The number of aryl methyl sites for hydroxylation is 1. The Morgan fingerprint density at radius 1 is 1.46 bits per heavy atom. The Kier molecular flexibility index (Phi) is 5.30. The smallest absolute Gasteiger partial charge is 0.222 e. The molecule has 1 saturated heterocycles. The first-order chi connectivity index (χ1) is 11.7. The standard InChI is InChI=1S/C17H23N5OS/c1-2-15-20-17(24-21-15)19-10-12-6-3-4-8-14(12)22-9-5-7-13(11-22)16(18)23/h3-4,6,8,13H,2,5,7,9-11H2,1H3,(H2,18,23)(H,19,20,21). The van der Waals surface area contributed by atoms with Gasteiger partial charge in [0.05, 0.1) is 5.92 Å². The number of carbonyl (C=O) groups excluding carboxylic acids is 1. The maximum Gasteiger partial charge on any atom is 0.222 e. The average Bonchev–Trinajstić information content (AvgIpc) is 3.08. The van der Waals surface area contributed by atoms with Crippen LogP contribution in [0.1, 0.15) is 31.2 Å².